The molecule has 80 valence electrons. The molecular formula is C13H16O2. The summed E-state index contributed by atoms with van der Waals surface area (Å²) >= 11 is 0. The van der Waals surface area contributed by atoms with Crippen LogP contribution in [0.4, 0.5) is 0 Å². The van der Waals surface area contributed by atoms with Crippen molar-refractivity contribution in [2.24, 2.45) is 5.92 Å². The van der Waals surface area contributed by atoms with Crippen molar-refractivity contribution in [2.75, 3.05) is 0 Å². The third-order valence-electron chi connectivity index (χ3n) is 3.29. The van der Waals surface area contributed by atoms with Crippen molar-refractivity contribution in [2.45, 2.75) is 31.6 Å². The van der Waals surface area contributed by atoms with Crippen LogP contribution in [-0.2, 0) is 4.79 Å². The summed E-state index contributed by atoms with van der Waals surface area (Å²) in [6.45, 7) is 0. The number of hydrogen-bond acceptors (Lipinski definition) is 1. The van der Waals surface area contributed by atoms with Gasteiger partial charge < -0.3 is 5.11 Å². The fraction of sp³-hybridized carbons (Fsp3) is 0.462. The van der Waals surface area contributed by atoms with E-state index >= 15 is 0 Å². The van der Waals surface area contributed by atoms with Gasteiger partial charge in [0.05, 0.1) is 5.92 Å². The number of aliphatic carboxylic acids is 1. The van der Waals surface area contributed by atoms with Crippen LogP contribution in [-0.4, -0.2) is 11.1 Å². The van der Waals surface area contributed by atoms with Crippen molar-refractivity contribution in [1.82, 2.24) is 0 Å². The lowest BCUT2D eigenvalue weighted by Gasteiger charge is -2.26. The zero-order valence-electron chi connectivity index (χ0n) is 8.73. The predicted octanol–water partition coefficient (Wildman–Crippen LogP) is 3.05. The highest BCUT2D eigenvalue weighted by Crippen LogP contribution is 2.35. The highest BCUT2D eigenvalue weighted by atomic mass is 16.4. The molecule has 0 amide bonds. The van der Waals surface area contributed by atoms with E-state index < -0.39 is 5.97 Å². The van der Waals surface area contributed by atoms with Crippen molar-refractivity contribution < 1.29 is 9.90 Å². The smallest absolute Gasteiger partial charge is 0.306 e. The lowest BCUT2D eigenvalue weighted by molar-refractivity contribution is -0.142. The molecule has 1 aliphatic carbocycles. The minimum absolute atomic E-state index is 0.135. The molecule has 2 atom stereocenters. The molecular weight excluding hydrogens is 188 g/mol. The van der Waals surface area contributed by atoms with Gasteiger partial charge in [0.15, 0.2) is 0 Å². The Morgan fingerprint density at radius 3 is 2.60 bits per heavy atom. The van der Waals surface area contributed by atoms with Crippen molar-refractivity contribution >= 4 is 5.97 Å². The molecule has 1 N–H and O–H groups in total. The first kappa shape index (κ1) is 10.2. The zero-order valence-corrected chi connectivity index (χ0v) is 8.73. The maximum atomic E-state index is 10.9. The van der Waals surface area contributed by atoms with E-state index in [9.17, 15) is 4.79 Å². The molecule has 0 radical (unpaired) electrons. The van der Waals surface area contributed by atoms with Gasteiger partial charge in [0.2, 0.25) is 0 Å². The molecule has 2 heteroatoms. The number of carboxylic acid groups (broad SMARTS) is 1. The first-order valence-electron chi connectivity index (χ1n) is 5.55. The van der Waals surface area contributed by atoms with E-state index in [0.29, 0.717) is 5.92 Å². The van der Waals surface area contributed by atoms with Gasteiger partial charge in [-0.15, -0.1) is 0 Å². The summed E-state index contributed by atoms with van der Waals surface area (Å²) in [5.74, 6) is -0.319. The quantitative estimate of drug-likeness (QED) is 0.804. The van der Waals surface area contributed by atoms with Gasteiger partial charge in [0.25, 0.3) is 0 Å². The Kier molecular flexibility index (Phi) is 3.05. The van der Waals surface area contributed by atoms with E-state index in [1.165, 1.54) is 5.56 Å². The molecule has 2 rings (SSSR count). The molecule has 1 aliphatic rings. The monoisotopic (exact) mass is 204 g/mol. The molecule has 0 aromatic heterocycles. The van der Waals surface area contributed by atoms with Gasteiger partial charge in [-0.1, -0.05) is 36.8 Å². The third-order valence-corrected chi connectivity index (χ3v) is 3.29. The van der Waals surface area contributed by atoms with Crippen molar-refractivity contribution in [3.8, 4) is 0 Å². The van der Waals surface area contributed by atoms with Crippen LogP contribution in [0.2, 0.25) is 0 Å². The number of rotatable bonds is 2. The van der Waals surface area contributed by atoms with Gasteiger partial charge in [-0.3, -0.25) is 4.79 Å². The van der Waals surface area contributed by atoms with Gasteiger partial charge in [-0.2, -0.15) is 0 Å². The van der Waals surface area contributed by atoms with Gasteiger partial charge >= 0.3 is 5.97 Å². The van der Waals surface area contributed by atoms with E-state index in [1.54, 1.807) is 0 Å². The number of carboxylic acids is 1. The van der Waals surface area contributed by atoms with Crippen LogP contribution in [0.15, 0.2) is 30.3 Å². The number of hydrogen-bond donors (Lipinski definition) is 1. The molecule has 2 nitrogen and oxygen atoms in total. The van der Waals surface area contributed by atoms with Crippen molar-refractivity contribution in [3.05, 3.63) is 35.9 Å². The molecule has 0 saturated heterocycles. The normalized spacial score (nSPS) is 26.1. The molecule has 1 aromatic rings. The Hall–Kier alpha value is -1.31. The van der Waals surface area contributed by atoms with E-state index in [0.717, 1.165) is 25.7 Å². The highest BCUT2D eigenvalue weighted by molar-refractivity contribution is 5.70. The van der Waals surface area contributed by atoms with Crippen LogP contribution in [0.1, 0.15) is 37.2 Å². The fourth-order valence-corrected chi connectivity index (χ4v) is 2.44. The van der Waals surface area contributed by atoms with E-state index in [4.69, 9.17) is 5.11 Å². The highest BCUT2D eigenvalue weighted by Gasteiger charge is 2.27. The number of benzene rings is 1. The summed E-state index contributed by atoms with van der Waals surface area (Å²) in [4.78, 5) is 10.9. The summed E-state index contributed by atoms with van der Waals surface area (Å²) in [5.41, 5.74) is 1.29. The lowest BCUT2D eigenvalue weighted by atomic mass is 9.78. The molecule has 1 aromatic carbocycles. The first-order chi connectivity index (χ1) is 7.27. The maximum absolute atomic E-state index is 10.9. The third kappa shape index (κ3) is 2.38. The second-order valence-electron chi connectivity index (χ2n) is 4.31. The minimum Gasteiger partial charge on any atom is -0.481 e. The Labute approximate surface area is 89.9 Å². The molecule has 1 unspecified atom stereocenters. The van der Waals surface area contributed by atoms with Crippen LogP contribution >= 0.6 is 0 Å². The summed E-state index contributed by atoms with van der Waals surface area (Å²) in [5, 5.41) is 9.00. The van der Waals surface area contributed by atoms with E-state index in [1.807, 2.05) is 18.2 Å². The molecule has 15 heavy (non-hydrogen) atoms. The first-order valence-corrected chi connectivity index (χ1v) is 5.55. The maximum Gasteiger partial charge on any atom is 0.306 e. The fourth-order valence-electron chi connectivity index (χ4n) is 2.44. The zero-order chi connectivity index (χ0) is 10.7. The summed E-state index contributed by atoms with van der Waals surface area (Å²) in [6.07, 6.45) is 3.82. The van der Waals surface area contributed by atoms with Gasteiger partial charge in [0.1, 0.15) is 0 Å². The van der Waals surface area contributed by atoms with Crippen LogP contribution in [0.5, 0.6) is 0 Å². The topological polar surface area (TPSA) is 37.3 Å². The SMILES string of the molecule is O=C(O)C1CCC[C@@H](c2ccccc2)C1. The lowest BCUT2D eigenvalue weighted by Crippen LogP contribution is -2.21. The molecule has 0 heterocycles. The van der Waals surface area contributed by atoms with Gasteiger partial charge in [-0.05, 0) is 30.7 Å². The van der Waals surface area contributed by atoms with Crippen LogP contribution in [0, 0.1) is 5.92 Å². The van der Waals surface area contributed by atoms with Crippen LogP contribution in [0.3, 0.4) is 0 Å². The van der Waals surface area contributed by atoms with Crippen LogP contribution < -0.4 is 0 Å². The molecule has 1 saturated carbocycles. The van der Waals surface area contributed by atoms with Gasteiger partial charge in [-0.25, -0.2) is 0 Å². The summed E-state index contributed by atoms with van der Waals surface area (Å²) in [6, 6.07) is 10.3. The minimum atomic E-state index is -0.629. The second-order valence-corrected chi connectivity index (χ2v) is 4.31. The Bertz CT molecular complexity index is 332. The molecule has 0 aliphatic heterocycles. The molecule has 0 bridgehead atoms. The Morgan fingerprint density at radius 2 is 1.93 bits per heavy atom. The summed E-state index contributed by atoms with van der Waals surface area (Å²) in [7, 11) is 0. The van der Waals surface area contributed by atoms with Crippen molar-refractivity contribution in [1.29, 1.82) is 0 Å². The largest absolute Gasteiger partial charge is 0.481 e. The molecule has 1 fully saturated rings. The van der Waals surface area contributed by atoms with Crippen molar-refractivity contribution in [3.63, 3.8) is 0 Å². The average molecular weight is 204 g/mol. The standard InChI is InChI=1S/C13H16O2/c14-13(15)12-8-4-7-11(9-12)10-5-2-1-3-6-10/h1-3,5-6,11-12H,4,7-9H2,(H,14,15)/t11-,12?/m1/s1. The molecule has 0 spiro atoms. The van der Waals surface area contributed by atoms with E-state index in [-0.39, 0.29) is 5.92 Å². The van der Waals surface area contributed by atoms with Gasteiger partial charge in [0, 0.05) is 0 Å². The van der Waals surface area contributed by atoms with Crippen LogP contribution in [0.25, 0.3) is 0 Å². The second kappa shape index (κ2) is 4.47. The average Bonchev–Trinajstić information content (AvgIpc) is 2.30. The van der Waals surface area contributed by atoms with E-state index in [2.05, 4.69) is 12.1 Å². The number of carbonyl (C=O) groups is 1. The predicted molar refractivity (Wildman–Crippen MR) is 58.8 cm³/mol. The Balaban J connectivity index is 2.08. The Morgan fingerprint density at radius 1 is 1.20 bits per heavy atom. The summed E-state index contributed by atoms with van der Waals surface area (Å²) < 4.78 is 0.